The molecule has 7 nitrogen and oxygen atoms in total. The number of fused-ring (bicyclic) bond motifs is 4. The molecular formula is C20H22IN5O2. The van der Waals surface area contributed by atoms with Crippen LogP contribution in [0.3, 0.4) is 0 Å². The first-order chi connectivity index (χ1) is 13.1. The molecule has 0 saturated carbocycles. The van der Waals surface area contributed by atoms with Gasteiger partial charge in [-0.3, -0.25) is 9.48 Å². The molecular weight excluding hydrogens is 469 g/mol. The minimum atomic E-state index is -0.517. The average Bonchev–Trinajstić information content (AvgIpc) is 2.87. The van der Waals surface area contributed by atoms with E-state index in [-0.39, 0.29) is 12.5 Å². The smallest absolute Gasteiger partial charge is 0.328 e. The number of carbonyl (C=O) groups is 1. The second-order valence-electron chi connectivity index (χ2n) is 8.07. The number of carbonyl (C=O) groups excluding carboxylic acids is 1. The van der Waals surface area contributed by atoms with Crippen molar-refractivity contribution in [2.75, 3.05) is 11.9 Å². The highest BCUT2D eigenvalue weighted by Crippen LogP contribution is 2.39. The average molecular weight is 491 g/mol. The number of halogens is 1. The summed E-state index contributed by atoms with van der Waals surface area (Å²) in [4.78, 5) is 23.4. The number of hydrogen-bond acceptors (Lipinski definition) is 6. The first-order valence-corrected chi connectivity index (χ1v) is 10.2. The van der Waals surface area contributed by atoms with E-state index in [0.29, 0.717) is 0 Å². The molecule has 0 bridgehead atoms. The van der Waals surface area contributed by atoms with Crippen molar-refractivity contribution in [2.24, 2.45) is 0 Å². The molecule has 0 unspecified atom stereocenters. The second kappa shape index (κ2) is 6.68. The van der Waals surface area contributed by atoms with E-state index < -0.39 is 5.60 Å². The molecule has 1 aromatic carbocycles. The van der Waals surface area contributed by atoms with E-state index >= 15 is 0 Å². The molecule has 0 spiro atoms. The fourth-order valence-corrected chi connectivity index (χ4v) is 4.18. The number of benzene rings is 1. The van der Waals surface area contributed by atoms with Crippen LogP contribution in [0.25, 0.3) is 22.0 Å². The van der Waals surface area contributed by atoms with Gasteiger partial charge in [0.2, 0.25) is 0 Å². The van der Waals surface area contributed by atoms with Crippen LogP contribution in [0.5, 0.6) is 0 Å². The van der Waals surface area contributed by atoms with Gasteiger partial charge in [0.25, 0.3) is 0 Å². The predicted octanol–water partition coefficient (Wildman–Crippen LogP) is 3.70. The summed E-state index contributed by atoms with van der Waals surface area (Å²) >= 11 is 2.21. The number of esters is 1. The molecule has 0 saturated heterocycles. The van der Waals surface area contributed by atoms with Crippen molar-refractivity contribution in [3.8, 4) is 11.1 Å². The number of hydrogen-bond donors (Lipinski definition) is 0. The first-order valence-electron chi connectivity index (χ1n) is 9.08. The maximum atomic E-state index is 12.3. The highest BCUT2D eigenvalue weighted by molar-refractivity contribution is 14.1. The standard InChI is InChI=1S/C20H22IN5O2/c1-11-22-8-15-13-7-14-16(6-12(13)9-25(5)19(15)23-11)26(24-18(14)21)10-17(27)28-20(2,3)4/h6-8H,9-10H2,1-5H3. The van der Waals surface area contributed by atoms with Gasteiger partial charge in [0.05, 0.1) is 5.52 Å². The summed E-state index contributed by atoms with van der Waals surface area (Å²) in [5.41, 5.74) is 3.72. The van der Waals surface area contributed by atoms with E-state index in [1.165, 1.54) is 0 Å². The number of nitrogens with zero attached hydrogens (tertiary/aromatic N) is 5. The molecule has 0 amide bonds. The molecule has 1 aliphatic rings. The maximum Gasteiger partial charge on any atom is 0.328 e. The highest BCUT2D eigenvalue weighted by Gasteiger charge is 2.25. The zero-order chi connectivity index (χ0) is 20.2. The van der Waals surface area contributed by atoms with E-state index in [4.69, 9.17) is 4.74 Å². The Morgan fingerprint density at radius 3 is 2.75 bits per heavy atom. The molecule has 146 valence electrons. The van der Waals surface area contributed by atoms with E-state index in [0.717, 1.165) is 49.5 Å². The lowest BCUT2D eigenvalue weighted by molar-refractivity contribution is -0.155. The van der Waals surface area contributed by atoms with Gasteiger partial charge in [-0.2, -0.15) is 5.10 Å². The van der Waals surface area contributed by atoms with E-state index in [1.807, 2.05) is 40.9 Å². The summed E-state index contributed by atoms with van der Waals surface area (Å²) in [6, 6.07) is 4.25. The maximum absolute atomic E-state index is 12.3. The number of rotatable bonds is 2. The Morgan fingerprint density at radius 1 is 1.29 bits per heavy atom. The lowest BCUT2D eigenvalue weighted by Gasteiger charge is -2.28. The Labute approximate surface area is 177 Å². The van der Waals surface area contributed by atoms with Crippen molar-refractivity contribution >= 4 is 45.3 Å². The molecule has 1 aliphatic heterocycles. The fourth-order valence-electron chi connectivity index (χ4n) is 3.49. The summed E-state index contributed by atoms with van der Waals surface area (Å²) in [7, 11) is 2.03. The van der Waals surface area contributed by atoms with Gasteiger partial charge < -0.3 is 9.64 Å². The first kappa shape index (κ1) is 19.1. The van der Waals surface area contributed by atoms with Crippen molar-refractivity contribution in [1.29, 1.82) is 0 Å². The van der Waals surface area contributed by atoms with Crippen LogP contribution in [0.1, 0.15) is 32.2 Å². The largest absolute Gasteiger partial charge is 0.459 e. The van der Waals surface area contributed by atoms with E-state index in [9.17, 15) is 4.79 Å². The third-order valence-electron chi connectivity index (χ3n) is 4.58. The van der Waals surface area contributed by atoms with Crippen molar-refractivity contribution in [2.45, 2.75) is 46.4 Å². The van der Waals surface area contributed by atoms with Crippen LogP contribution in [0, 0.1) is 10.6 Å². The molecule has 0 atom stereocenters. The predicted molar refractivity (Wildman–Crippen MR) is 116 cm³/mol. The van der Waals surface area contributed by atoms with Gasteiger partial charge in [-0.15, -0.1) is 0 Å². The summed E-state index contributed by atoms with van der Waals surface area (Å²) in [6.07, 6.45) is 1.88. The molecule has 2 aromatic heterocycles. The van der Waals surface area contributed by atoms with Crippen molar-refractivity contribution in [1.82, 2.24) is 19.7 Å². The van der Waals surface area contributed by atoms with Crippen LogP contribution in [0.4, 0.5) is 5.82 Å². The minimum absolute atomic E-state index is 0.0876. The lowest BCUT2D eigenvalue weighted by atomic mass is 9.95. The van der Waals surface area contributed by atoms with Crippen LogP contribution in [0.15, 0.2) is 18.3 Å². The van der Waals surface area contributed by atoms with Crippen LogP contribution in [0.2, 0.25) is 0 Å². The molecule has 0 radical (unpaired) electrons. The van der Waals surface area contributed by atoms with E-state index in [2.05, 4.69) is 54.7 Å². The van der Waals surface area contributed by atoms with E-state index in [1.54, 1.807) is 4.68 Å². The monoisotopic (exact) mass is 491 g/mol. The van der Waals surface area contributed by atoms with Gasteiger partial charge in [0, 0.05) is 30.7 Å². The van der Waals surface area contributed by atoms with Gasteiger partial charge in [-0.05, 0) is 73.5 Å². The van der Waals surface area contributed by atoms with Crippen LogP contribution in [-0.2, 0) is 22.6 Å². The summed E-state index contributed by atoms with van der Waals surface area (Å²) < 4.78 is 8.04. The molecule has 3 heterocycles. The van der Waals surface area contributed by atoms with Crippen LogP contribution in [-0.4, -0.2) is 38.4 Å². The van der Waals surface area contributed by atoms with Gasteiger partial charge in [0.15, 0.2) is 0 Å². The fraction of sp³-hybridized carbons (Fsp3) is 0.400. The Bertz CT molecular complexity index is 1100. The number of anilines is 1. The lowest BCUT2D eigenvalue weighted by Crippen LogP contribution is -2.27. The summed E-state index contributed by atoms with van der Waals surface area (Å²) in [6.45, 7) is 8.32. The quantitative estimate of drug-likeness (QED) is 0.402. The van der Waals surface area contributed by atoms with Gasteiger partial charge in [-0.25, -0.2) is 9.97 Å². The SMILES string of the molecule is Cc1ncc2c(n1)N(C)Cc1cc3c(cc1-2)c(I)nn3CC(=O)OC(C)(C)C. The summed E-state index contributed by atoms with van der Waals surface area (Å²) in [5.74, 6) is 1.41. The van der Waals surface area contributed by atoms with Crippen molar-refractivity contribution in [3.63, 3.8) is 0 Å². The zero-order valence-electron chi connectivity index (χ0n) is 16.6. The number of aryl methyl sites for hydroxylation is 1. The van der Waals surface area contributed by atoms with Gasteiger partial charge in [0.1, 0.15) is 27.5 Å². The Kier molecular flexibility index (Phi) is 4.56. The van der Waals surface area contributed by atoms with Crippen molar-refractivity contribution < 1.29 is 9.53 Å². The van der Waals surface area contributed by atoms with Gasteiger partial charge >= 0.3 is 5.97 Å². The molecule has 8 heteroatoms. The Balaban J connectivity index is 1.80. The Hall–Kier alpha value is -2.23. The zero-order valence-corrected chi connectivity index (χ0v) is 18.7. The highest BCUT2D eigenvalue weighted by atomic mass is 127. The summed E-state index contributed by atoms with van der Waals surface area (Å²) in [5, 5.41) is 5.59. The van der Waals surface area contributed by atoms with Crippen LogP contribution < -0.4 is 4.90 Å². The molecule has 0 fully saturated rings. The molecule has 0 aliphatic carbocycles. The minimum Gasteiger partial charge on any atom is -0.459 e. The number of ether oxygens (including phenoxy) is 1. The van der Waals surface area contributed by atoms with Gasteiger partial charge in [-0.1, -0.05) is 0 Å². The topological polar surface area (TPSA) is 73.1 Å². The molecule has 28 heavy (non-hydrogen) atoms. The Morgan fingerprint density at radius 2 is 2.04 bits per heavy atom. The molecule has 4 rings (SSSR count). The third kappa shape index (κ3) is 3.45. The number of aromatic nitrogens is 4. The normalized spacial score (nSPS) is 13.4. The van der Waals surface area contributed by atoms with Crippen LogP contribution >= 0.6 is 22.6 Å². The molecule has 0 N–H and O–H groups in total. The second-order valence-corrected chi connectivity index (χ2v) is 9.09. The molecule has 3 aromatic rings. The third-order valence-corrected chi connectivity index (χ3v) is 5.37. The van der Waals surface area contributed by atoms with Crippen molar-refractivity contribution in [3.05, 3.63) is 33.4 Å².